The molecule has 0 aliphatic heterocycles. The first kappa shape index (κ1) is 12.4. The molecule has 1 aromatic rings. The highest BCUT2D eigenvalue weighted by Crippen LogP contribution is 2.37. The predicted octanol–water partition coefficient (Wildman–Crippen LogP) is 3.54. The molecular weight excluding hydrogens is 256 g/mol. The van der Waals surface area contributed by atoms with Gasteiger partial charge in [0.25, 0.3) is 0 Å². The molecule has 1 N–H and O–H groups in total. The van der Waals surface area contributed by atoms with Gasteiger partial charge in [-0.3, -0.25) is 0 Å². The van der Waals surface area contributed by atoms with Crippen molar-refractivity contribution in [3.8, 4) is 11.5 Å². The zero-order valence-electron chi connectivity index (χ0n) is 9.33. The highest BCUT2D eigenvalue weighted by atomic mass is 79.9. The molecule has 0 fully saturated rings. The van der Waals surface area contributed by atoms with E-state index in [1.54, 1.807) is 13.2 Å². The molecule has 0 spiro atoms. The third-order valence-corrected chi connectivity index (χ3v) is 3.86. The van der Waals surface area contributed by atoms with Crippen LogP contribution >= 0.6 is 15.9 Å². The fourth-order valence-corrected chi connectivity index (χ4v) is 2.07. The van der Waals surface area contributed by atoms with Crippen molar-refractivity contribution in [3.05, 3.63) is 23.8 Å². The molecule has 1 rings (SSSR count). The van der Waals surface area contributed by atoms with E-state index in [0.29, 0.717) is 17.6 Å². The van der Waals surface area contributed by atoms with Gasteiger partial charge in [0.2, 0.25) is 0 Å². The first-order valence-electron chi connectivity index (χ1n) is 5.03. The molecule has 0 bridgehead atoms. The maximum atomic E-state index is 9.96. The van der Waals surface area contributed by atoms with E-state index in [1.165, 1.54) is 0 Å². The molecule has 0 saturated carbocycles. The number of benzene rings is 1. The fraction of sp³-hybridized carbons (Fsp3) is 0.500. The van der Waals surface area contributed by atoms with Crippen LogP contribution in [0.1, 0.15) is 25.3 Å². The summed E-state index contributed by atoms with van der Waals surface area (Å²) in [5.74, 6) is 1.59. The number of phenols is 1. The highest BCUT2D eigenvalue weighted by Gasteiger charge is 2.18. The van der Waals surface area contributed by atoms with E-state index in [9.17, 15) is 5.11 Å². The van der Waals surface area contributed by atoms with Gasteiger partial charge in [0, 0.05) is 10.9 Å². The first-order chi connectivity index (χ1) is 7.11. The molecule has 2 atom stereocenters. The van der Waals surface area contributed by atoms with Gasteiger partial charge < -0.3 is 9.84 Å². The molecule has 0 heterocycles. The number of hydrogen-bond donors (Lipinski definition) is 1. The number of aromatic hydroxyl groups is 1. The largest absolute Gasteiger partial charge is 0.504 e. The Hall–Kier alpha value is -0.700. The molecule has 0 aliphatic carbocycles. The Bertz CT molecular complexity index is 325. The quantitative estimate of drug-likeness (QED) is 0.850. The monoisotopic (exact) mass is 272 g/mol. The summed E-state index contributed by atoms with van der Waals surface area (Å²) < 4.78 is 5.09. The lowest BCUT2D eigenvalue weighted by atomic mass is 9.89. The van der Waals surface area contributed by atoms with Crippen LogP contribution in [0.4, 0.5) is 0 Å². The molecule has 2 unspecified atom stereocenters. The van der Waals surface area contributed by atoms with Crippen LogP contribution < -0.4 is 4.74 Å². The lowest BCUT2D eigenvalue weighted by Crippen LogP contribution is -2.07. The number of para-hydroxylation sites is 1. The molecular formula is C12H17BrO2. The molecule has 84 valence electrons. The zero-order valence-corrected chi connectivity index (χ0v) is 10.9. The molecule has 0 aromatic heterocycles. The zero-order chi connectivity index (χ0) is 11.4. The third kappa shape index (κ3) is 2.65. The summed E-state index contributed by atoms with van der Waals surface area (Å²) >= 11 is 3.46. The standard InChI is InChI=1S/C12H17BrO2/c1-8(7-13)9(2)10-5-4-6-11(15-3)12(10)14/h4-6,8-9,14H,7H2,1-3H3. The van der Waals surface area contributed by atoms with Crippen LogP contribution in [-0.4, -0.2) is 17.5 Å². The van der Waals surface area contributed by atoms with Crippen molar-refractivity contribution >= 4 is 15.9 Å². The number of alkyl halides is 1. The maximum absolute atomic E-state index is 9.96. The predicted molar refractivity (Wildman–Crippen MR) is 66.0 cm³/mol. The van der Waals surface area contributed by atoms with Gasteiger partial charge in [0.15, 0.2) is 11.5 Å². The minimum Gasteiger partial charge on any atom is -0.504 e. The van der Waals surface area contributed by atoms with Crippen LogP contribution in [-0.2, 0) is 0 Å². The van der Waals surface area contributed by atoms with Crippen LogP contribution in [0.25, 0.3) is 0 Å². The average Bonchev–Trinajstić information content (AvgIpc) is 2.27. The van der Waals surface area contributed by atoms with Gasteiger partial charge in [-0.2, -0.15) is 0 Å². The van der Waals surface area contributed by atoms with Crippen molar-refractivity contribution in [1.29, 1.82) is 0 Å². The second kappa shape index (κ2) is 5.40. The van der Waals surface area contributed by atoms with Gasteiger partial charge in [-0.15, -0.1) is 0 Å². The van der Waals surface area contributed by atoms with Crippen molar-refractivity contribution < 1.29 is 9.84 Å². The van der Waals surface area contributed by atoms with E-state index in [0.717, 1.165) is 10.9 Å². The summed E-state index contributed by atoms with van der Waals surface area (Å²) in [4.78, 5) is 0. The van der Waals surface area contributed by atoms with E-state index >= 15 is 0 Å². The van der Waals surface area contributed by atoms with Crippen LogP contribution in [0.5, 0.6) is 11.5 Å². The number of hydrogen-bond acceptors (Lipinski definition) is 2. The van der Waals surface area contributed by atoms with Gasteiger partial charge in [-0.25, -0.2) is 0 Å². The Morgan fingerprint density at radius 3 is 2.60 bits per heavy atom. The SMILES string of the molecule is COc1cccc(C(C)C(C)CBr)c1O. The molecule has 0 saturated heterocycles. The Morgan fingerprint density at radius 1 is 1.40 bits per heavy atom. The summed E-state index contributed by atoms with van der Waals surface area (Å²) in [6.45, 7) is 4.26. The molecule has 0 aliphatic rings. The van der Waals surface area contributed by atoms with E-state index < -0.39 is 0 Å². The Kier molecular flexibility index (Phi) is 4.45. The van der Waals surface area contributed by atoms with Gasteiger partial charge in [-0.05, 0) is 17.9 Å². The molecule has 2 nitrogen and oxygen atoms in total. The van der Waals surface area contributed by atoms with Crippen molar-refractivity contribution in [2.24, 2.45) is 5.92 Å². The lowest BCUT2D eigenvalue weighted by molar-refractivity contribution is 0.366. The average molecular weight is 273 g/mol. The van der Waals surface area contributed by atoms with Crippen LogP contribution in [0.2, 0.25) is 0 Å². The molecule has 0 amide bonds. The summed E-state index contributed by atoms with van der Waals surface area (Å²) in [5, 5.41) is 10.9. The molecule has 1 aromatic carbocycles. The molecule has 3 heteroatoms. The van der Waals surface area contributed by atoms with Crippen molar-refractivity contribution in [2.45, 2.75) is 19.8 Å². The van der Waals surface area contributed by atoms with Gasteiger partial charge in [-0.1, -0.05) is 41.9 Å². The Balaban J connectivity index is 3.03. The van der Waals surface area contributed by atoms with Gasteiger partial charge in [0.05, 0.1) is 7.11 Å². The topological polar surface area (TPSA) is 29.5 Å². The second-order valence-electron chi connectivity index (χ2n) is 3.82. The Labute approximate surface area is 99.4 Å². The number of halogens is 1. The van der Waals surface area contributed by atoms with E-state index in [2.05, 4.69) is 29.8 Å². The summed E-state index contributed by atoms with van der Waals surface area (Å²) in [7, 11) is 1.57. The first-order valence-corrected chi connectivity index (χ1v) is 6.15. The van der Waals surface area contributed by atoms with Crippen LogP contribution in [0.3, 0.4) is 0 Å². The van der Waals surface area contributed by atoms with E-state index in [-0.39, 0.29) is 5.75 Å². The van der Waals surface area contributed by atoms with Gasteiger partial charge in [0.1, 0.15) is 0 Å². The smallest absolute Gasteiger partial charge is 0.161 e. The van der Waals surface area contributed by atoms with Crippen molar-refractivity contribution in [3.63, 3.8) is 0 Å². The van der Waals surface area contributed by atoms with E-state index in [4.69, 9.17) is 4.74 Å². The van der Waals surface area contributed by atoms with Crippen LogP contribution in [0.15, 0.2) is 18.2 Å². The molecule has 15 heavy (non-hydrogen) atoms. The summed E-state index contributed by atoms with van der Waals surface area (Å²) in [6, 6.07) is 5.62. The second-order valence-corrected chi connectivity index (χ2v) is 4.47. The lowest BCUT2D eigenvalue weighted by Gasteiger charge is -2.20. The normalized spacial score (nSPS) is 14.7. The summed E-state index contributed by atoms with van der Waals surface area (Å²) in [6.07, 6.45) is 0. The summed E-state index contributed by atoms with van der Waals surface area (Å²) in [5.41, 5.74) is 0.946. The van der Waals surface area contributed by atoms with E-state index in [1.807, 2.05) is 12.1 Å². The van der Waals surface area contributed by atoms with Crippen LogP contribution in [0, 0.1) is 5.92 Å². The fourth-order valence-electron chi connectivity index (χ4n) is 1.51. The number of ether oxygens (including phenoxy) is 1. The number of methoxy groups -OCH3 is 1. The minimum atomic E-state index is 0.264. The minimum absolute atomic E-state index is 0.264. The van der Waals surface area contributed by atoms with Crippen molar-refractivity contribution in [1.82, 2.24) is 0 Å². The van der Waals surface area contributed by atoms with Gasteiger partial charge >= 0.3 is 0 Å². The number of rotatable bonds is 4. The number of phenolic OH excluding ortho intramolecular Hbond substituents is 1. The maximum Gasteiger partial charge on any atom is 0.161 e. The highest BCUT2D eigenvalue weighted by molar-refractivity contribution is 9.09. The van der Waals surface area contributed by atoms with Crippen molar-refractivity contribution in [2.75, 3.05) is 12.4 Å². The Morgan fingerprint density at radius 2 is 2.07 bits per heavy atom. The third-order valence-electron chi connectivity index (χ3n) is 2.84. The molecule has 0 radical (unpaired) electrons.